The quantitative estimate of drug-likeness (QED) is 0.777. The van der Waals surface area contributed by atoms with E-state index in [9.17, 15) is 4.79 Å². The molecular formula is C14H18N4O. The molecule has 1 unspecified atom stereocenters. The smallest absolute Gasteiger partial charge is 0.241 e. The van der Waals surface area contributed by atoms with Crippen LogP contribution in [0.2, 0.25) is 0 Å². The van der Waals surface area contributed by atoms with Crippen molar-refractivity contribution in [3.05, 3.63) is 47.3 Å². The van der Waals surface area contributed by atoms with Crippen LogP contribution in [0.3, 0.4) is 0 Å². The largest absolute Gasteiger partial charge is 0.322 e. The standard InChI is InChI=1S/C14H18N4O/c1-9-13(10(2)18-17-9)16-14(19)12(15)8-11-6-4-3-5-7-11/h3-7,12H,8,15H2,1-2H3,(H,16,19)(H,17,18). The summed E-state index contributed by atoms with van der Waals surface area (Å²) in [6.45, 7) is 3.69. The second-order valence-corrected chi connectivity index (χ2v) is 4.59. The number of benzene rings is 1. The Balaban J connectivity index is 2.00. The molecule has 4 N–H and O–H groups in total. The Hall–Kier alpha value is -2.14. The fourth-order valence-electron chi connectivity index (χ4n) is 1.91. The third-order valence-electron chi connectivity index (χ3n) is 3.01. The predicted octanol–water partition coefficient (Wildman–Crippen LogP) is 1.54. The normalized spacial score (nSPS) is 12.2. The number of anilines is 1. The Kier molecular flexibility index (Phi) is 3.97. The fourth-order valence-corrected chi connectivity index (χ4v) is 1.91. The molecule has 0 aliphatic heterocycles. The number of aromatic amines is 1. The maximum atomic E-state index is 12.0. The Morgan fingerprint density at radius 3 is 2.63 bits per heavy atom. The summed E-state index contributed by atoms with van der Waals surface area (Å²) in [7, 11) is 0. The van der Waals surface area contributed by atoms with Crippen molar-refractivity contribution in [3.8, 4) is 0 Å². The highest BCUT2D eigenvalue weighted by atomic mass is 16.2. The summed E-state index contributed by atoms with van der Waals surface area (Å²) in [4.78, 5) is 12.0. The minimum atomic E-state index is -0.573. The monoisotopic (exact) mass is 258 g/mol. The zero-order chi connectivity index (χ0) is 13.8. The summed E-state index contributed by atoms with van der Waals surface area (Å²) in [6.07, 6.45) is 0.516. The average molecular weight is 258 g/mol. The van der Waals surface area contributed by atoms with E-state index < -0.39 is 6.04 Å². The van der Waals surface area contributed by atoms with Gasteiger partial charge in [0.2, 0.25) is 5.91 Å². The fraction of sp³-hybridized carbons (Fsp3) is 0.286. The minimum Gasteiger partial charge on any atom is -0.322 e. The van der Waals surface area contributed by atoms with Crippen molar-refractivity contribution in [3.63, 3.8) is 0 Å². The van der Waals surface area contributed by atoms with Crippen molar-refractivity contribution >= 4 is 11.6 Å². The van der Waals surface area contributed by atoms with Gasteiger partial charge < -0.3 is 11.1 Å². The van der Waals surface area contributed by atoms with Crippen LogP contribution in [0.4, 0.5) is 5.69 Å². The molecule has 0 radical (unpaired) electrons. The molecule has 0 spiro atoms. The highest BCUT2D eigenvalue weighted by molar-refractivity contribution is 5.95. The van der Waals surface area contributed by atoms with Crippen LogP contribution >= 0.6 is 0 Å². The van der Waals surface area contributed by atoms with Gasteiger partial charge in [-0.15, -0.1) is 0 Å². The van der Waals surface area contributed by atoms with E-state index in [4.69, 9.17) is 5.73 Å². The van der Waals surface area contributed by atoms with E-state index in [-0.39, 0.29) is 5.91 Å². The van der Waals surface area contributed by atoms with Crippen LogP contribution in [-0.2, 0) is 11.2 Å². The van der Waals surface area contributed by atoms with Crippen molar-refractivity contribution in [2.75, 3.05) is 5.32 Å². The summed E-state index contributed by atoms with van der Waals surface area (Å²) >= 11 is 0. The first-order chi connectivity index (χ1) is 9.08. The maximum Gasteiger partial charge on any atom is 0.241 e. The second-order valence-electron chi connectivity index (χ2n) is 4.59. The van der Waals surface area contributed by atoms with Gasteiger partial charge in [0.25, 0.3) is 0 Å². The van der Waals surface area contributed by atoms with Crippen molar-refractivity contribution in [2.45, 2.75) is 26.3 Å². The number of aryl methyl sites for hydroxylation is 2. The zero-order valence-corrected chi connectivity index (χ0v) is 11.1. The van der Waals surface area contributed by atoms with E-state index in [1.165, 1.54) is 0 Å². The molecule has 0 aliphatic rings. The van der Waals surface area contributed by atoms with Crippen LogP contribution < -0.4 is 11.1 Å². The minimum absolute atomic E-state index is 0.198. The molecule has 1 heterocycles. The topological polar surface area (TPSA) is 83.8 Å². The highest BCUT2D eigenvalue weighted by Crippen LogP contribution is 2.16. The van der Waals surface area contributed by atoms with Crippen LogP contribution in [0.1, 0.15) is 17.0 Å². The van der Waals surface area contributed by atoms with Gasteiger partial charge in [0.05, 0.1) is 23.1 Å². The molecule has 100 valence electrons. The third kappa shape index (κ3) is 3.20. The van der Waals surface area contributed by atoms with Gasteiger partial charge in [-0.25, -0.2) is 0 Å². The van der Waals surface area contributed by atoms with Gasteiger partial charge in [-0.3, -0.25) is 9.89 Å². The van der Waals surface area contributed by atoms with Gasteiger partial charge in [-0.1, -0.05) is 30.3 Å². The number of hydrogen-bond donors (Lipinski definition) is 3. The molecule has 2 aromatic rings. The molecule has 0 bridgehead atoms. The van der Waals surface area contributed by atoms with Crippen LogP contribution in [0.15, 0.2) is 30.3 Å². The zero-order valence-electron chi connectivity index (χ0n) is 11.1. The maximum absolute atomic E-state index is 12.0. The molecule has 1 amide bonds. The molecule has 1 atom stereocenters. The lowest BCUT2D eigenvalue weighted by atomic mass is 10.1. The molecule has 1 aromatic carbocycles. The number of rotatable bonds is 4. The number of aromatic nitrogens is 2. The van der Waals surface area contributed by atoms with Crippen LogP contribution in [0.5, 0.6) is 0 Å². The number of nitrogens with two attached hydrogens (primary N) is 1. The van der Waals surface area contributed by atoms with Gasteiger partial charge >= 0.3 is 0 Å². The van der Waals surface area contributed by atoms with E-state index in [0.29, 0.717) is 12.1 Å². The van der Waals surface area contributed by atoms with E-state index in [1.807, 2.05) is 44.2 Å². The van der Waals surface area contributed by atoms with Gasteiger partial charge in [0.1, 0.15) is 0 Å². The van der Waals surface area contributed by atoms with Crippen molar-refractivity contribution in [1.29, 1.82) is 0 Å². The predicted molar refractivity (Wildman–Crippen MR) is 74.8 cm³/mol. The number of H-pyrrole nitrogens is 1. The van der Waals surface area contributed by atoms with E-state index in [0.717, 1.165) is 17.0 Å². The lowest BCUT2D eigenvalue weighted by Gasteiger charge is -2.12. The van der Waals surface area contributed by atoms with Gasteiger partial charge in [-0.05, 0) is 25.8 Å². The number of nitrogens with zero attached hydrogens (tertiary/aromatic N) is 1. The summed E-state index contributed by atoms with van der Waals surface area (Å²) in [5, 5.41) is 9.68. The van der Waals surface area contributed by atoms with Crippen molar-refractivity contribution in [2.24, 2.45) is 5.73 Å². The average Bonchev–Trinajstić information content (AvgIpc) is 2.71. The number of carbonyl (C=O) groups is 1. The number of amides is 1. The van der Waals surface area contributed by atoms with E-state index in [2.05, 4.69) is 15.5 Å². The second kappa shape index (κ2) is 5.67. The lowest BCUT2D eigenvalue weighted by Crippen LogP contribution is -2.37. The Bertz CT molecular complexity index is 543. The Labute approximate surface area is 112 Å². The summed E-state index contributed by atoms with van der Waals surface area (Å²) in [6, 6.07) is 9.15. The third-order valence-corrected chi connectivity index (χ3v) is 3.01. The Morgan fingerprint density at radius 1 is 1.37 bits per heavy atom. The van der Waals surface area contributed by atoms with Gasteiger partial charge in [0, 0.05) is 0 Å². The lowest BCUT2D eigenvalue weighted by molar-refractivity contribution is -0.117. The molecule has 0 fully saturated rings. The molecule has 0 aliphatic carbocycles. The SMILES string of the molecule is Cc1n[nH]c(C)c1NC(=O)C(N)Cc1ccccc1. The molecule has 2 rings (SSSR count). The summed E-state index contributed by atoms with van der Waals surface area (Å²) < 4.78 is 0. The molecule has 0 saturated heterocycles. The molecule has 1 aromatic heterocycles. The molecular weight excluding hydrogens is 240 g/mol. The molecule has 5 nitrogen and oxygen atoms in total. The highest BCUT2D eigenvalue weighted by Gasteiger charge is 2.17. The van der Waals surface area contributed by atoms with Crippen LogP contribution in [0, 0.1) is 13.8 Å². The number of nitrogens with one attached hydrogen (secondary N) is 2. The molecule has 5 heteroatoms. The first-order valence-corrected chi connectivity index (χ1v) is 6.20. The van der Waals surface area contributed by atoms with Crippen LogP contribution in [0.25, 0.3) is 0 Å². The first kappa shape index (κ1) is 13.3. The molecule has 0 saturated carbocycles. The van der Waals surface area contributed by atoms with Crippen molar-refractivity contribution in [1.82, 2.24) is 10.2 Å². The van der Waals surface area contributed by atoms with Crippen LogP contribution in [-0.4, -0.2) is 22.1 Å². The summed E-state index contributed by atoms with van der Waals surface area (Å²) in [5.74, 6) is -0.198. The van der Waals surface area contributed by atoms with Crippen molar-refractivity contribution < 1.29 is 4.79 Å². The Morgan fingerprint density at radius 2 is 2.05 bits per heavy atom. The first-order valence-electron chi connectivity index (χ1n) is 6.20. The number of carbonyl (C=O) groups excluding carboxylic acids is 1. The summed E-state index contributed by atoms with van der Waals surface area (Å²) in [5.41, 5.74) is 9.28. The van der Waals surface area contributed by atoms with Gasteiger partial charge in [-0.2, -0.15) is 5.10 Å². The van der Waals surface area contributed by atoms with E-state index in [1.54, 1.807) is 0 Å². The number of hydrogen-bond acceptors (Lipinski definition) is 3. The van der Waals surface area contributed by atoms with E-state index >= 15 is 0 Å². The van der Waals surface area contributed by atoms with Gasteiger partial charge in [0.15, 0.2) is 0 Å². The molecule has 19 heavy (non-hydrogen) atoms.